The maximum Gasteiger partial charge on any atom is 0.315 e. The molecule has 38 heavy (non-hydrogen) atoms. The minimum Gasteiger partial charge on any atom is -0.496 e. The second-order valence-corrected chi connectivity index (χ2v) is 11.2. The predicted octanol–water partition coefficient (Wildman–Crippen LogP) is 6.88. The fourth-order valence-electron chi connectivity index (χ4n) is 4.99. The van der Waals surface area contributed by atoms with Crippen LogP contribution < -0.4 is 25.4 Å². The van der Waals surface area contributed by atoms with Crippen molar-refractivity contribution in [1.29, 1.82) is 0 Å². The Kier molecular flexibility index (Phi) is 11.9. The van der Waals surface area contributed by atoms with Crippen LogP contribution in [0.2, 0.25) is 0 Å². The first kappa shape index (κ1) is 31.0. The normalized spacial score (nSPS) is 13.0. The Labute approximate surface area is 229 Å². The smallest absolute Gasteiger partial charge is 0.315 e. The molecule has 0 saturated carbocycles. The molecule has 7 heteroatoms. The van der Waals surface area contributed by atoms with Crippen molar-refractivity contribution in [1.82, 2.24) is 10.6 Å². The lowest BCUT2D eigenvalue weighted by atomic mass is 9.68. The topological polar surface area (TPSA) is 88.7 Å². The monoisotopic (exact) mass is 525 g/mol. The third-order valence-electron chi connectivity index (χ3n) is 6.64. The Morgan fingerprint density at radius 2 is 1.58 bits per heavy atom. The van der Waals surface area contributed by atoms with Gasteiger partial charge in [-0.05, 0) is 55.5 Å². The Morgan fingerprint density at radius 3 is 2.13 bits per heavy atom. The van der Waals surface area contributed by atoms with E-state index in [0.717, 1.165) is 48.3 Å². The number of carbonyl (C=O) groups is 2. The largest absolute Gasteiger partial charge is 0.496 e. The van der Waals surface area contributed by atoms with E-state index in [1.54, 1.807) is 14.2 Å². The molecular formula is C31H47N3O4. The zero-order chi connectivity index (χ0) is 28.3. The number of benzene rings is 2. The van der Waals surface area contributed by atoms with Crippen LogP contribution in [0.15, 0.2) is 42.5 Å². The van der Waals surface area contributed by atoms with Crippen LogP contribution in [0.1, 0.15) is 84.3 Å². The van der Waals surface area contributed by atoms with E-state index in [1.165, 1.54) is 0 Å². The molecule has 0 bridgehead atoms. The lowest BCUT2D eigenvalue weighted by molar-refractivity contribution is -0.124. The molecule has 0 aromatic heterocycles. The van der Waals surface area contributed by atoms with Crippen LogP contribution in [0.3, 0.4) is 0 Å². The lowest BCUT2D eigenvalue weighted by Crippen LogP contribution is -2.39. The van der Waals surface area contributed by atoms with Crippen molar-refractivity contribution < 1.29 is 19.1 Å². The standard InChI is InChI=1S/C31H47N3O4/c1-9-10-11-16-24(27-25(37-7)17-13-18-26(27)38-8)28(31(4,5)6)29(35)34-23-15-12-14-22(19-23)20-32-30(36)33-21(2)3/h12-15,17-19,21,24,28H,9-11,16,20H2,1-8H3,(H,34,35)(H2,32,33,36). The maximum absolute atomic E-state index is 14.0. The summed E-state index contributed by atoms with van der Waals surface area (Å²) in [4.78, 5) is 26.0. The van der Waals surface area contributed by atoms with Crippen LogP contribution in [0.5, 0.6) is 11.5 Å². The van der Waals surface area contributed by atoms with Crippen molar-refractivity contribution in [2.45, 2.75) is 85.7 Å². The van der Waals surface area contributed by atoms with Gasteiger partial charge < -0.3 is 25.4 Å². The summed E-state index contributed by atoms with van der Waals surface area (Å²) < 4.78 is 11.5. The molecule has 0 spiro atoms. The zero-order valence-corrected chi connectivity index (χ0v) is 24.4. The summed E-state index contributed by atoms with van der Waals surface area (Å²) in [6.45, 7) is 12.7. The van der Waals surface area contributed by atoms with Gasteiger partial charge in [-0.2, -0.15) is 0 Å². The van der Waals surface area contributed by atoms with Gasteiger partial charge in [0.1, 0.15) is 11.5 Å². The van der Waals surface area contributed by atoms with E-state index in [9.17, 15) is 9.59 Å². The van der Waals surface area contributed by atoms with Crippen LogP contribution in [0.25, 0.3) is 0 Å². The molecule has 0 fully saturated rings. The van der Waals surface area contributed by atoms with Crippen molar-refractivity contribution in [2.24, 2.45) is 11.3 Å². The molecule has 2 atom stereocenters. The first-order valence-electron chi connectivity index (χ1n) is 13.7. The van der Waals surface area contributed by atoms with E-state index in [0.29, 0.717) is 12.2 Å². The molecule has 0 aliphatic carbocycles. The van der Waals surface area contributed by atoms with Gasteiger partial charge in [0.25, 0.3) is 0 Å². The number of rotatable bonds is 13. The molecule has 3 N–H and O–H groups in total. The summed E-state index contributed by atoms with van der Waals surface area (Å²) in [6.07, 6.45) is 4.03. The number of ether oxygens (including phenoxy) is 2. The van der Waals surface area contributed by atoms with Gasteiger partial charge in [0, 0.05) is 29.8 Å². The number of hydrogen-bond donors (Lipinski definition) is 3. The molecular weight excluding hydrogens is 478 g/mol. The Bertz CT molecular complexity index is 1020. The van der Waals surface area contributed by atoms with Gasteiger partial charge in [0.2, 0.25) is 5.91 Å². The molecule has 7 nitrogen and oxygen atoms in total. The van der Waals surface area contributed by atoms with E-state index >= 15 is 0 Å². The molecule has 0 radical (unpaired) electrons. The second-order valence-electron chi connectivity index (χ2n) is 11.2. The van der Waals surface area contributed by atoms with Gasteiger partial charge in [-0.15, -0.1) is 0 Å². The van der Waals surface area contributed by atoms with Gasteiger partial charge in [0.15, 0.2) is 0 Å². The van der Waals surface area contributed by atoms with E-state index in [1.807, 2.05) is 56.3 Å². The number of methoxy groups -OCH3 is 2. The highest BCUT2D eigenvalue weighted by molar-refractivity contribution is 5.94. The Balaban J connectivity index is 2.39. The molecule has 2 unspecified atom stereocenters. The number of anilines is 1. The average molecular weight is 526 g/mol. The van der Waals surface area contributed by atoms with Crippen molar-refractivity contribution in [3.05, 3.63) is 53.6 Å². The number of amides is 3. The van der Waals surface area contributed by atoms with Crippen molar-refractivity contribution in [2.75, 3.05) is 19.5 Å². The summed E-state index contributed by atoms with van der Waals surface area (Å²) >= 11 is 0. The molecule has 3 amide bonds. The van der Waals surface area contributed by atoms with Crippen molar-refractivity contribution in [3.63, 3.8) is 0 Å². The second kappa shape index (κ2) is 14.6. The van der Waals surface area contributed by atoms with Crippen LogP contribution in [0.4, 0.5) is 10.5 Å². The first-order valence-corrected chi connectivity index (χ1v) is 13.7. The van der Waals surface area contributed by atoms with Gasteiger partial charge in [0.05, 0.1) is 20.1 Å². The molecule has 2 rings (SSSR count). The summed E-state index contributed by atoms with van der Waals surface area (Å²) in [7, 11) is 3.32. The SMILES string of the molecule is CCCCCC(c1c(OC)cccc1OC)C(C(=O)Nc1cccc(CNC(=O)NC(C)C)c1)C(C)(C)C. The van der Waals surface area contributed by atoms with Crippen molar-refractivity contribution in [3.8, 4) is 11.5 Å². The van der Waals surface area contributed by atoms with Gasteiger partial charge in [-0.25, -0.2) is 4.79 Å². The summed E-state index contributed by atoms with van der Waals surface area (Å²) in [5.74, 6) is 0.983. The molecule has 2 aromatic rings. The zero-order valence-electron chi connectivity index (χ0n) is 24.4. The third kappa shape index (κ3) is 8.96. The predicted molar refractivity (Wildman–Crippen MR) is 155 cm³/mol. The van der Waals surface area contributed by atoms with E-state index in [2.05, 4.69) is 43.6 Å². The van der Waals surface area contributed by atoms with Gasteiger partial charge in [-0.1, -0.05) is 65.2 Å². The molecule has 0 heterocycles. The minimum absolute atomic E-state index is 0.0467. The van der Waals surface area contributed by atoms with Crippen LogP contribution in [-0.2, 0) is 11.3 Å². The maximum atomic E-state index is 14.0. The first-order chi connectivity index (χ1) is 18.0. The minimum atomic E-state index is -0.344. The Hall–Kier alpha value is -3.22. The number of hydrogen-bond acceptors (Lipinski definition) is 4. The van der Waals surface area contributed by atoms with Crippen molar-refractivity contribution >= 4 is 17.6 Å². The third-order valence-corrected chi connectivity index (χ3v) is 6.64. The van der Waals surface area contributed by atoms with E-state index < -0.39 is 0 Å². The molecule has 210 valence electrons. The number of carbonyl (C=O) groups excluding carboxylic acids is 2. The lowest BCUT2D eigenvalue weighted by Gasteiger charge is -2.37. The summed E-state index contributed by atoms with van der Waals surface area (Å²) in [5, 5.41) is 8.86. The van der Waals surface area contributed by atoms with E-state index in [-0.39, 0.29) is 35.2 Å². The van der Waals surface area contributed by atoms with Crippen LogP contribution in [0, 0.1) is 11.3 Å². The van der Waals surface area contributed by atoms with Gasteiger partial charge >= 0.3 is 6.03 Å². The summed E-state index contributed by atoms with van der Waals surface area (Å²) in [6, 6.07) is 13.2. The fourth-order valence-corrected chi connectivity index (χ4v) is 4.99. The van der Waals surface area contributed by atoms with Gasteiger partial charge in [-0.3, -0.25) is 4.79 Å². The van der Waals surface area contributed by atoms with E-state index in [4.69, 9.17) is 9.47 Å². The van der Waals surface area contributed by atoms with Crippen LogP contribution >= 0.6 is 0 Å². The number of unbranched alkanes of at least 4 members (excludes halogenated alkanes) is 2. The summed E-state index contributed by atoms with van der Waals surface area (Å²) in [5.41, 5.74) is 2.21. The molecule has 0 aliphatic heterocycles. The van der Waals surface area contributed by atoms with Crippen LogP contribution in [-0.4, -0.2) is 32.2 Å². The highest BCUT2D eigenvalue weighted by Gasteiger charge is 2.41. The fraction of sp³-hybridized carbons (Fsp3) is 0.548. The quantitative estimate of drug-likeness (QED) is 0.249. The highest BCUT2D eigenvalue weighted by atomic mass is 16.5. The number of nitrogens with one attached hydrogen (secondary N) is 3. The Morgan fingerprint density at radius 1 is 0.947 bits per heavy atom. The molecule has 0 saturated heterocycles. The molecule has 0 aliphatic rings. The number of urea groups is 1. The highest BCUT2D eigenvalue weighted by Crippen LogP contribution is 2.47. The average Bonchev–Trinajstić information content (AvgIpc) is 2.85. The molecule has 2 aromatic carbocycles.